The summed E-state index contributed by atoms with van der Waals surface area (Å²) in [5.74, 6) is 1.65. The lowest BCUT2D eigenvalue weighted by atomic mass is 10.2. The van der Waals surface area contributed by atoms with Crippen LogP contribution in [-0.2, 0) is 11.3 Å². The maximum absolute atomic E-state index is 12.2. The van der Waals surface area contributed by atoms with Crippen LogP contribution in [0, 0.1) is 0 Å². The molecule has 2 amide bonds. The lowest BCUT2D eigenvalue weighted by molar-refractivity contribution is -0.120. The minimum Gasteiger partial charge on any atom is -0.493 e. The van der Waals surface area contributed by atoms with Crippen molar-refractivity contribution in [2.75, 3.05) is 34.0 Å². The molecule has 3 rings (SSSR count). The minimum absolute atomic E-state index is 0.141. The molecule has 8 heteroatoms. The number of amides is 2. The Morgan fingerprint density at radius 3 is 2.43 bits per heavy atom. The molecule has 0 radical (unpaired) electrons. The molecule has 0 saturated carbocycles. The van der Waals surface area contributed by atoms with Crippen LogP contribution in [0.3, 0.4) is 0 Å². The number of nitrogens with one attached hydrogen (secondary N) is 2. The monoisotopic (exact) mass is 386 g/mol. The highest BCUT2D eigenvalue weighted by molar-refractivity contribution is 5.97. The number of carbonyl (C=O) groups excluding carboxylic acids is 2. The zero-order valence-electron chi connectivity index (χ0n) is 15.7. The maximum atomic E-state index is 12.2. The van der Waals surface area contributed by atoms with Crippen molar-refractivity contribution < 1.29 is 28.5 Å². The molecule has 0 aromatic heterocycles. The summed E-state index contributed by atoms with van der Waals surface area (Å²) in [6.07, 6.45) is 0. The summed E-state index contributed by atoms with van der Waals surface area (Å²) in [5.41, 5.74) is 1.25. The SMILES string of the molecule is COc1ccc(C(=O)NCC(=O)NCc2ccc3c(c2)OCCO3)cc1OC. The van der Waals surface area contributed by atoms with Crippen molar-refractivity contribution in [1.82, 2.24) is 10.6 Å². The predicted octanol–water partition coefficient (Wildman–Crippen LogP) is 1.52. The largest absolute Gasteiger partial charge is 0.493 e. The van der Waals surface area contributed by atoms with Gasteiger partial charge in [-0.25, -0.2) is 0 Å². The topological polar surface area (TPSA) is 95.1 Å². The number of ether oxygens (including phenoxy) is 4. The van der Waals surface area contributed by atoms with Gasteiger partial charge in [0.2, 0.25) is 5.91 Å². The first-order chi connectivity index (χ1) is 13.6. The van der Waals surface area contributed by atoms with Crippen molar-refractivity contribution in [3.63, 3.8) is 0 Å². The first kappa shape index (κ1) is 19.3. The molecule has 1 aliphatic rings. The van der Waals surface area contributed by atoms with Crippen molar-refractivity contribution in [1.29, 1.82) is 0 Å². The van der Waals surface area contributed by atoms with Gasteiger partial charge in [-0.1, -0.05) is 6.07 Å². The molecule has 2 aromatic rings. The molecule has 0 bridgehead atoms. The van der Waals surface area contributed by atoms with Crippen LogP contribution < -0.4 is 29.6 Å². The van der Waals surface area contributed by atoms with Gasteiger partial charge in [-0.2, -0.15) is 0 Å². The molecule has 0 spiro atoms. The predicted molar refractivity (Wildman–Crippen MR) is 101 cm³/mol. The number of carbonyl (C=O) groups is 2. The van der Waals surface area contributed by atoms with Crippen LogP contribution in [-0.4, -0.2) is 45.8 Å². The smallest absolute Gasteiger partial charge is 0.251 e. The molecule has 0 unspecified atom stereocenters. The fourth-order valence-electron chi connectivity index (χ4n) is 2.70. The fraction of sp³-hybridized carbons (Fsp3) is 0.300. The quantitative estimate of drug-likeness (QED) is 0.749. The van der Waals surface area contributed by atoms with Crippen molar-refractivity contribution in [2.24, 2.45) is 0 Å². The number of fused-ring (bicyclic) bond motifs is 1. The zero-order valence-corrected chi connectivity index (χ0v) is 15.7. The van der Waals surface area contributed by atoms with Crippen molar-refractivity contribution in [2.45, 2.75) is 6.54 Å². The van der Waals surface area contributed by atoms with E-state index in [1.807, 2.05) is 18.2 Å². The van der Waals surface area contributed by atoms with E-state index in [1.54, 1.807) is 18.2 Å². The minimum atomic E-state index is -0.379. The molecule has 0 fully saturated rings. The van der Waals surface area contributed by atoms with Gasteiger partial charge in [0.15, 0.2) is 23.0 Å². The number of methoxy groups -OCH3 is 2. The highest BCUT2D eigenvalue weighted by atomic mass is 16.6. The molecule has 1 heterocycles. The van der Waals surface area contributed by atoms with E-state index in [0.29, 0.717) is 48.3 Å². The Morgan fingerprint density at radius 1 is 0.929 bits per heavy atom. The molecule has 1 aliphatic heterocycles. The third-order valence-corrected chi connectivity index (χ3v) is 4.15. The van der Waals surface area contributed by atoms with Crippen LogP contribution in [0.25, 0.3) is 0 Å². The molecule has 2 aromatic carbocycles. The van der Waals surface area contributed by atoms with Gasteiger partial charge in [0.1, 0.15) is 13.2 Å². The second kappa shape index (κ2) is 8.98. The van der Waals surface area contributed by atoms with Crippen molar-refractivity contribution in [3.05, 3.63) is 47.5 Å². The van der Waals surface area contributed by atoms with E-state index in [4.69, 9.17) is 18.9 Å². The Morgan fingerprint density at radius 2 is 1.68 bits per heavy atom. The third-order valence-electron chi connectivity index (χ3n) is 4.15. The average Bonchev–Trinajstić information content (AvgIpc) is 2.75. The van der Waals surface area contributed by atoms with E-state index in [0.717, 1.165) is 5.56 Å². The Hall–Kier alpha value is -3.42. The highest BCUT2D eigenvalue weighted by Gasteiger charge is 2.13. The summed E-state index contributed by atoms with van der Waals surface area (Å²) in [6, 6.07) is 10.3. The summed E-state index contributed by atoms with van der Waals surface area (Å²) in [7, 11) is 3.01. The summed E-state index contributed by atoms with van der Waals surface area (Å²) in [4.78, 5) is 24.3. The van der Waals surface area contributed by atoms with E-state index >= 15 is 0 Å². The van der Waals surface area contributed by atoms with E-state index in [1.165, 1.54) is 14.2 Å². The average molecular weight is 386 g/mol. The summed E-state index contributed by atoms with van der Waals surface area (Å²) >= 11 is 0. The molecule has 148 valence electrons. The highest BCUT2D eigenvalue weighted by Crippen LogP contribution is 2.30. The number of rotatable bonds is 7. The molecule has 8 nitrogen and oxygen atoms in total. The fourth-order valence-corrected chi connectivity index (χ4v) is 2.70. The van der Waals surface area contributed by atoms with Crippen LogP contribution in [0.1, 0.15) is 15.9 Å². The Kier molecular flexibility index (Phi) is 6.21. The lowest BCUT2D eigenvalue weighted by Crippen LogP contribution is -2.36. The summed E-state index contributed by atoms with van der Waals surface area (Å²) in [6.45, 7) is 1.22. The van der Waals surface area contributed by atoms with Gasteiger partial charge in [0, 0.05) is 12.1 Å². The molecule has 2 N–H and O–H groups in total. The van der Waals surface area contributed by atoms with Crippen LogP contribution in [0.5, 0.6) is 23.0 Å². The summed E-state index contributed by atoms with van der Waals surface area (Å²) < 4.78 is 21.3. The van der Waals surface area contributed by atoms with Crippen LogP contribution in [0.4, 0.5) is 0 Å². The second-order valence-corrected chi connectivity index (χ2v) is 6.01. The number of hydrogen-bond acceptors (Lipinski definition) is 6. The molecule has 0 atom stereocenters. The van der Waals surface area contributed by atoms with Gasteiger partial charge < -0.3 is 29.6 Å². The third kappa shape index (κ3) is 4.64. The summed E-state index contributed by atoms with van der Waals surface area (Å²) in [5, 5.41) is 5.34. The second-order valence-electron chi connectivity index (χ2n) is 6.01. The molecule has 28 heavy (non-hydrogen) atoms. The van der Waals surface area contributed by atoms with Crippen molar-refractivity contribution >= 4 is 11.8 Å². The van der Waals surface area contributed by atoms with Crippen LogP contribution in [0.15, 0.2) is 36.4 Å². The normalized spacial score (nSPS) is 12.1. The molecular formula is C20H22N2O6. The lowest BCUT2D eigenvalue weighted by Gasteiger charge is -2.19. The Labute approximate surface area is 162 Å². The van der Waals surface area contributed by atoms with Gasteiger partial charge in [-0.05, 0) is 35.9 Å². The first-order valence-corrected chi connectivity index (χ1v) is 8.76. The number of hydrogen-bond donors (Lipinski definition) is 2. The van der Waals surface area contributed by atoms with E-state index in [-0.39, 0.29) is 18.4 Å². The van der Waals surface area contributed by atoms with Gasteiger partial charge in [0.25, 0.3) is 5.91 Å². The zero-order chi connectivity index (χ0) is 19.9. The van der Waals surface area contributed by atoms with Gasteiger partial charge in [-0.15, -0.1) is 0 Å². The van der Waals surface area contributed by atoms with E-state index < -0.39 is 0 Å². The van der Waals surface area contributed by atoms with Gasteiger partial charge in [0.05, 0.1) is 20.8 Å². The van der Waals surface area contributed by atoms with Crippen LogP contribution >= 0.6 is 0 Å². The first-order valence-electron chi connectivity index (χ1n) is 8.76. The van der Waals surface area contributed by atoms with Gasteiger partial charge in [-0.3, -0.25) is 9.59 Å². The Balaban J connectivity index is 1.49. The van der Waals surface area contributed by atoms with Gasteiger partial charge >= 0.3 is 0 Å². The molecule has 0 saturated heterocycles. The van der Waals surface area contributed by atoms with E-state index in [9.17, 15) is 9.59 Å². The van der Waals surface area contributed by atoms with E-state index in [2.05, 4.69) is 10.6 Å². The molecular weight excluding hydrogens is 364 g/mol. The standard InChI is InChI=1S/C20H22N2O6/c1-25-15-6-4-14(10-17(15)26-2)20(24)22-12-19(23)21-11-13-3-5-16-18(9-13)28-8-7-27-16/h3-6,9-10H,7-8,11-12H2,1-2H3,(H,21,23)(H,22,24). The molecule has 0 aliphatic carbocycles. The Bertz CT molecular complexity index is 868. The van der Waals surface area contributed by atoms with Crippen molar-refractivity contribution in [3.8, 4) is 23.0 Å². The maximum Gasteiger partial charge on any atom is 0.251 e. The number of benzene rings is 2. The van der Waals surface area contributed by atoms with Crippen LogP contribution in [0.2, 0.25) is 0 Å².